The second kappa shape index (κ2) is 7.11. The van der Waals surface area contributed by atoms with E-state index in [9.17, 15) is 9.59 Å². The summed E-state index contributed by atoms with van der Waals surface area (Å²) in [5.41, 5.74) is 2.53. The molecule has 1 atom stereocenters. The van der Waals surface area contributed by atoms with Crippen LogP contribution in [0.4, 0.5) is 0 Å². The number of carbonyl (C=O) groups excluding carboxylic acids is 1. The van der Waals surface area contributed by atoms with Gasteiger partial charge in [0, 0.05) is 24.0 Å². The van der Waals surface area contributed by atoms with E-state index in [1.54, 1.807) is 10.3 Å². The average molecular weight is 346 g/mol. The number of hydrogen-bond acceptors (Lipinski definition) is 5. The number of carbonyl (C=O) groups is 2. The molecular formula is C17H18N2O4S. The SMILES string of the molecule is Cc1ccccc1-c1nc(C(=O)N2CCOC(CC(=O)O)C2)cs1. The van der Waals surface area contributed by atoms with E-state index in [4.69, 9.17) is 9.84 Å². The lowest BCUT2D eigenvalue weighted by Gasteiger charge is -2.31. The number of thiazole rings is 1. The number of aryl methyl sites for hydroxylation is 1. The third-order valence-electron chi connectivity index (χ3n) is 3.93. The lowest BCUT2D eigenvalue weighted by atomic mass is 10.1. The maximum absolute atomic E-state index is 12.6. The summed E-state index contributed by atoms with van der Waals surface area (Å²) < 4.78 is 5.40. The second-order valence-corrected chi connectivity index (χ2v) is 6.55. The van der Waals surface area contributed by atoms with Crippen LogP contribution in [0.15, 0.2) is 29.6 Å². The Morgan fingerprint density at radius 2 is 2.21 bits per heavy atom. The van der Waals surface area contributed by atoms with E-state index >= 15 is 0 Å². The molecule has 2 aromatic rings. The minimum Gasteiger partial charge on any atom is -0.481 e. The van der Waals surface area contributed by atoms with Crippen LogP contribution >= 0.6 is 11.3 Å². The molecule has 0 aliphatic carbocycles. The Labute approximate surface area is 143 Å². The van der Waals surface area contributed by atoms with Crippen molar-refractivity contribution in [3.63, 3.8) is 0 Å². The fraction of sp³-hybridized carbons (Fsp3) is 0.353. The van der Waals surface area contributed by atoms with Crippen molar-refractivity contribution in [3.05, 3.63) is 40.9 Å². The first kappa shape index (κ1) is 16.6. The summed E-state index contributed by atoms with van der Waals surface area (Å²) in [5, 5.41) is 11.4. The van der Waals surface area contributed by atoms with Crippen LogP contribution in [0.3, 0.4) is 0 Å². The zero-order valence-electron chi connectivity index (χ0n) is 13.3. The molecule has 3 rings (SSSR count). The molecule has 1 N–H and O–H groups in total. The van der Waals surface area contributed by atoms with Crippen LogP contribution < -0.4 is 0 Å². The van der Waals surface area contributed by atoms with Crippen LogP contribution in [0.5, 0.6) is 0 Å². The number of aliphatic carboxylic acids is 1. The number of carboxylic acid groups (broad SMARTS) is 1. The fourth-order valence-corrected chi connectivity index (χ4v) is 3.58. The van der Waals surface area contributed by atoms with Gasteiger partial charge in [0.05, 0.1) is 19.1 Å². The van der Waals surface area contributed by atoms with Gasteiger partial charge >= 0.3 is 5.97 Å². The number of benzene rings is 1. The zero-order chi connectivity index (χ0) is 17.1. The van der Waals surface area contributed by atoms with E-state index in [2.05, 4.69) is 4.98 Å². The van der Waals surface area contributed by atoms with Crippen LogP contribution in [0.25, 0.3) is 10.6 Å². The van der Waals surface area contributed by atoms with Crippen molar-refractivity contribution in [3.8, 4) is 10.6 Å². The van der Waals surface area contributed by atoms with Gasteiger partial charge in [0.25, 0.3) is 5.91 Å². The van der Waals surface area contributed by atoms with Gasteiger partial charge in [-0.2, -0.15) is 0 Å². The van der Waals surface area contributed by atoms with Gasteiger partial charge in [0.2, 0.25) is 0 Å². The highest BCUT2D eigenvalue weighted by Crippen LogP contribution is 2.27. The van der Waals surface area contributed by atoms with E-state index in [1.807, 2.05) is 31.2 Å². The number of morpholine rings is 1. The lowest BCUT2D eigenvalue weighted by Crippen LogP contribution is -2.46. The molecule has 1 amide bonds. The Hall–Kier alpha value is -2.25. The second-order valence-electron chi connectivity index (χ2n) is 5.69. The molecule has 24 heavy (non-hydrogen) atoms. The summed E-state index contributed by atoms with van der Waals surface area (Å²) in [6.45, 7) is 3.09. The number of hydrogen-bond donors (Lipinski definition) is 1. The fourth-order valence-electron chi connectivity index (χ4n) is 2.69. The first-order chi connectivity index (χ1) is 11.5. The molecule has 1 saturated heterocycles. The Bertz CT molecular complexity index is 759. The van der Waals surface area contributed by atoms with Crippen molar-refractivity contribution < 1.29 is 19.4 Å². The summed E-state index contributed by atoms with van der Waals surface area (Å²) in [6.07, 6.45) is -0.565. The maximum Gasteiger partial charge on any atom is 0.306 e. The molecule has 2 heterocycles. The van der Waals surface area contributed by atoms with Crippen LogP contribution in [-0.2, 0) is 9.53 Å². The van der Waals surface area contributed by atoms with Gasteiger partial charge < -0.3 is 14.7 Å². The number of rotatable bonds is 4. The predicted octanol–water partition coefficient (Wildman–Crippen LogP) is 2.43. The summed E-state index contributed by atoms with van der Waals surface area (Å²) in [4.78, 5) is 29.5. The molecule has 1 aliphatic rings. The van der Waals surface area contributed by atoms with Gasteiger partial charge in [-0.05, 0) is 12.5 Å². The van der Waals surface area contributed by atoms with E-state index in [1.165, 1.54) is 11.3 Å². The van der Waals surface area contributed by atoms with Crippen LogP contribution in [0.1, 0.15) is 22.5 Å². The highest BCUT2D eigenvalue weighted by molar-refractivity contribution is 7.13. The van der Waals surface area contributed by atoms with E-state index < -0.39 is 12.1 Å². The van der Waals surface area contributed by atoms with Crippen molar-refractivity contribution in [2.45, 2.75) is 19.4 Å². The smallest absolute Gasteiger partial charge is 0.306 e. The third kappa shape index (κ3) is 3.63. The maximum atomic E-state index is 12.6. The van der Waals surface area contributed by atoms with E-state index in [0.29, 0.717) is 18.8 Å². The zero-order valence-corrected chi connectivity index (χ0v) is 14.1. The van der Waals surface area contributed by atoms with Gasteiger partial charge in [-0.3, -0.25) is 9.59 Å². The molecule has 1 aliphatic heterocycles. The molecule has 0 spiro atoms. The van der Waals surface area contributed by atoms with Crippen molar-refractivity contribution in [2.24, 2.45) is 0 Å². The largest absolute Gasteiger partial charge is 0.481 e. The van der Waals surface area contributed by atoms with Crippen molar-refractivity contribution >= 4 is 23.2 Å². The standard InChI is InChI=1S/C17H18N2O4S/c1-11-4-2-3-5-13(11)16-18-14(10-24-16)17(22)19-6-7-23-12(9-19)8-15(20)21/h2-5,10,12H,6-9H2,1H3,(H,20,21). The van der Waals surface area contributed by atoms with Gasteiger partial charge in [0.15, 0.2) is 0 Å². The van der Waals surface area contributed by atoms with Gasteiger partial charge in [-0.1, -0.05) is 24.3 Å². The molecular weight excluding hydrogens is 328 g/mol. The Balaban J connectivity index is 1.74. The molecule has 126 valence electrons. The molecule has 6 nitrogen and oxygen atoms in total. The van der Waals surface area contributed by atoms with E-state index in [0.717, 1.165) is 16.1 Å². The third-order valence-corrected chi connectivity index (χ3v) is 4.80. The van der Waals surface area contributed by atoms with Crippen molar-refractivity contribution in [2.75, 3.05) is 19.7 Å². The normalized spacial score (nSPS) is 17.7. The molecule has 0 radical (unpaired) electrons. The topological polar surface area (TPSA) is 79.7 Å². The van der Waals surface area contributed by atoms with Crippen molar-refractivity contribution in [1.82, 2.24) is 9.88 Å². The van der Waals surface area contributed by atoms with Crippen LogP contribution in [0.2, 0.25) is 0 Å². The molecule has 1 fully saturated rings. The number of carboxylic acids is 1. The number of nitrogens with zero attached hydrogens (tertiary/aromatic N) is 2. The lowest BCUT2D eigenvalue weighted by molar-refractivity contribution is -0.141. The highest BCUT2D eigenvalue weighted by Gasteiger charge is 2.27. The molecule has 1 unspecified atom stereocenters. The van der Waals surface area contributed by atoms with Crippen LogP contribution in [0, 0.1) is 6.92 Å². The minimum absolute atomic E-state index is 0.102. The number of amides is 1. The Morgan fingerprint density at radius 1 is 1.42 bits per heavy atom. The first-order valence-electron chi connectivity index (χ1n) is 7.69. The Kier molecular flexibility index (Phi) is 4.92. The summed E-state index contributed by atoms with van der Waals surface area (Å²) in [6, 6.07) is 7.91. The monoisotopic (exact) mass is 346 g/mol. The summed E-state index contributed by atoms with van der Waals surface area (Å²) in [7, 11) is 0. The molecule has 0 bridgehead atoms. The van der Waals surface area contributed by atoms with Gasteiger partial charge in [-0.15, -0.1) is 11.3 Å². The summed E-state index contributed by atoms with van der Waals surface area (Å²) >= 11 is 1.44. The quantitative estimate of drug-likeness (QED) is 0.920. The first-order valence-corrected chi connectivity index (χ1v) is 8.57. The Morgan fingerprint density at radius 3 is 2.96 bits per heavy atom. The number of ether oxygens (including phenoxy) is 1. The summed E-state index contributed by atoms with van der Waals surface area (Å²) in [5.74, 6) is -1.10. The van der Waals surface area contributed by atoms with Crippen LogP contribution in [-0.4, -0.2) is 52.7 Å². The van der Waals surface area contributed by atoms with Crippen molar-refractivity contribution in [1.29, 1.82) is 0 Å². The molecule has 7 heteroatoms. The van der Waals surface area contributed by atoms with Gasteiger partial charge in [0.1, 0.15) is 10.7 Å². The molecule has 0 saturated carbocycles. The minimum atomic E-state index is -0.926. The highest BCUT2D eigenvalue weighted by atomic mass is 32.1. The predicted molar refractivity (Wildman–Crippen MR) is 90.2 cm³/mol. The molecule has 1 aromatic carbocycles. The van der Waals surface area contributed by atoms with E-state index in [-0.39, 0.29) is 18.9 Å². The van der Waals surface area contributed by atoms with Gasteiger partial charge in [-0.25, -0.2) is 4.98 Å². The molecule has 1 aromatic heterocycles. The number of aromatic nitrogens is 1. The average Bonchev–Trinajstić information content (AvgIpc) is 3.04.